The molecule has 0 aromatic carbocycles. The molecule has 0 aliphatic carbocycles. The molecule has 3 rings (SSSR count). The number of rotatable bonds is 3. The van der Waals surface area contributed by atoms with Crippen molar-refractivity contribution in [2.75, 3.05) is 17.7 Å². The number of aryl methyl sites for hydroxylation is 1. The third-order valence-electron chi connectivity index (χ3n) is 3.62. The number of anilines is 2. The van der Waals surface area contributed by atoms with E-state index in [0.717, 1.165) is 17.8 Å². The average molecular weight is 234 g/mol. The van der Waals surface area contributed by atoms with Crippen LogP contribution in [0.5, 0.6) is 0 Å². The Balaban J connectivity index is 1.76. The number of aromatic nitrogens is 2. The molecule has 2 aliphatic heterocycles. The molecule has 3 atom stereocenters. The van der Waals surface area contributed by atoms with Crippen molar-refractivity contribution in [1.29, 1.82) is 0 Å². The molecule has 3 unspecified atom stereocenters. The van der Waals surface area contributed by atoms with E-state index in [1.54, 1.807) is 0 Å². The molecular formula is C12H18N4O. The topological polar surface area (TPSA) is 59.1 Å². The van der Waals surface area contributed by atoms with Gasteiger partial charge in [0.15, 0.2) is 0 Å². The molecule has 0 radical (unpaired) electrons. The summed E-state index contributed by atoms with van der Waals surface area (Å²) < 4.78 is 5.83. The van der Waals surface area contributed by atoms with Crippen molar-refractivity contribution in [2.45, 2.75) is 44.4 Å². The zero-order valence-corrected chi connectivity index (χ0v) is 10.2. The van der Waals surface area contributed by atoms with Gasteiger partial charge >= 0.3 is 0 Å². The summed E-state index contributed by atoms with van der Waals surface area (Å²) in [5, 5.41) is 6.46. The van der Waals surface area contributed by atoms with Crippen LogP contribution in [0.2, 0.25) is 0 Å². The van der Waals surface area contributed by atoms with Crippen molar-refractivity contribution in [1.82, 2.24) is 9.97 Å². The summed E-state index contributed by atoms with van der Waals surface area (Å²) in [5.74, 6) is 1.58. The van der Waals surface area contributed by atoms with Gasteiger partial charge in [-0.05, 0) is 26.2 Å². The highest BCUT2D eigenvalue weighted by molar-refractivity contribution is 5.47. The highest BCUT2D eigenvalue weighted by atomic mass is 16.5. The fourth-order valence-electron chi connectivity index (χ4n) is 2.67. The maximum Gasteiger partial charge on any atom is 0.224 e. The molecule has 5 heteroatoms. The van der Waals surface area contributed by atoms with Gasteiger partial charge in [0, 0.05) is 18.8 Å². The summed E-state index contributed by atoms with van der Waals surface area (Å²) in [6.07, 6.45) is 6.16. The van der Waals surface area contributed by atoms with Gasteiger partial charge in [-0.15, -0.1) is 0 Å². The molecule has 1 aromatic heterocycles. The standard InChI is InChI=1S/C12H18N4O/c1-7-6-14-12(13-2)16-11(7)15-9-5-8-3-4-10(9)17-8/h6,8-10H,3-5H2,1-2H3,(H2,13,14,15,16). The molecule has 0 amide bonds. The summed E-state index contributed by atoms with van der Waals surface area (Å²) in [6.45, 7) is 2.02. The zero-order chi connectivity index (χ0) is 11.8. The Morgan fingerprint density at radius 3 is 2.94 bits per heavy atom. The number of ether oxygens (including phenoxy) is 1. The molecule has 2 saturated heterocycles. The van der Waals surface area contributed by atoms with Gasteiger partial charge in [0.1, 0.15) is 5.82 Å². The molecule has 2 aliphatic rings. The lowest BCUT2D eigenvalue weighted by Gasteiger charge is -2.21. The third kappa shape index (κ3) is 1.95. The first-order chi connectivity index (χ1) is 8.26. The minimum Gasteiger partial charge on any atom is -0.373 e. The van der Waals surface area contributed by atoms with Crippen molar-refractivity contribution >= 4 is 11.8 Å². The Bertz CT molecular complexity index is 423. The maximum absolute atomic E-state index is 5.83. The van der Waals surface area contributed by atoms with E-state index in [1.807, 2.05) is 20.2 Å². The Morgan fingerprint density at radius 2 is 2.29 bits per heavy atom. The lowest BCUT2D eigenvalue weighted by atomic mass is 9.95. The van der Waals surface area contributed by atoms with Gasteiger partial charge in [-0.25, -0.2) is 4.98 Å². The van der Waals surface area contributed by atoms with Gasteiger partial charge in [0.05, 0.1) is 18.2 Å². The first-order valence-corrected chi connectivity index (χ1v) is 6.19. The van der Waals surface area contributed by atoms with Crippen LogP contribution in [0.25, 0.3) is 0 Å². The molecule has 1 aromatic rings. The largest absolute Gasteiger partial charge is 0.373 e. The van der Waals surface area contributed by atoms with E-state index in [-0.39, 0.29) is 0 Å². The first-order valence-electron chi connectivity index (χ1n) is 6.19. The van der Waals surface area contributed by atoms with Gasteiger partial charge in [-0.3, -0.25) is 0 Å². The number of nitrogens with one attached hydrogen (secondary N) is 2. The van der Waals surface area contributed by atoms with Crippen molar-refractivity contribution in [2.24, 2.45) is 0 Å². The lowest BCUT2D eigenvalue weighted by Crippen LogP contribution is -2.31. The van der Waals surface area contributed by atoms with E-state index in [1.165, 1.54) is 12.8 Å². The molecule has 5 nitrogen and oxygen atoms in total. The number of fused-ring (bicyclic) bond motifs is 2. The van der Waals surface area contributed by atoms with Gasteiger partial charge in [-0.1, -0.05) is 0 Å². The second-order valence-corrected chi connectivity index (χ2v) is 4.84. The van der Waals surface area contributed by atoms with Crippen LogP contribution in [0.1, 0.15) is 24.8 Å². The van der Waals surface area contributed by atoms with E-state index < -0.39 is 0 Å². The summed E-state index contributed by atoms with van der Waals surface area (Å²) in [7, 11) is 1.83. The van der Waals surface area contributed by atoms with Crippen molar-refractivity contribution in [3.05, 3.63) is 11.8 Å². The lowest BCUT2D eigenvalue weighted by molar-refractivity contribution is 0.102. The summed E-state index contributed by atoms with van der Waals surface area (Å²) in [6, 6.07) is 0.409. The first kappa shape index (κ1) is 10.8. The Labute approximate surface area is 101 Å². The summed E-state index contributed by atoms with van der Waals surface area (Å²) in [5.41, 5.74) is 1.08. The van der Waals surface area contributed by atoms with Crippen LogP contribution in [-0.4, -0.2) is 35.3 Å². The van der Waals surface area contributed by atoms with Gasteiger partial charge in [0.2, 0.25) is 5.95 Å². The quantitative estimate of drug-likeness (QED) is 0.831. The summed E-state index contributed by atoms with van der Waals surface area (Å²) >= 11 is 0. The Kier molecular flexibility index (Phi) is 2.63. The van der Waals surface area contributed by atoms with Crippen LogP contribution in [0.15, 0.2) is 6.20 Å². The van der Waals surface area contributed by atoms with E-state index in [2.05, 4.69) is 20.6 Å². The molecule has 17 heavy (non-hydrogen) atoms. The number of hydrogen-bond donors (Lipinski definition) is 2. The normalized spacial score (nSPS) is 30.6. The van der Waals surface area contributed by atoms with E-state index in [9.17, 15) is 0 Å². The fraction of sp³-hybridized carbons (Fsp3) is 0.667. The van der Waals surface area contributed by atoms with Gasteiger partial charge in [0.25, 0.3) is 0 Å². The van der Waals surface area contributed by atoms with Gasteiger partial charge in [-0.2, -0.15) is 4.98 Å². The van der Waals surface area contributed by atoms with Crippen LogP contribution in [-0.2, 0) is 4.74 Å². The predicted molar refractivity (Wildman–Crippen MR) is 66.2 cm³/mol. The van der Waals surface area contributed by atoms with E-state index >= 15 is 0 Å². The molecule has 0 saturated carbocycles. The van der Waals surface area contributed by atoms with Gasteiger partial charge < -0.3 is 15.4 Å². The molecule has 3 heterocycles. The average Bonchev–Trinajstić information content (AvgIpc) is 2.94. The Morgan fingerprint density at radius 1 is 1.41 bits per heavy atom. The second kappa shape index (κ2) is 4.14. The SMILES string of the molecule is CNc1ncc(C)c(NC2CC3CCC2O3)n1. The minimum atomic E-state index is 0.368. The van der Waals surface area contributed by atoms with Crippen LogP contribution in [0, 0.1) is 6.92 Å². The fourth-order valence-corrected chi connectivity index (χ4v) is 2.67. The van der Waals surface area contributed by atoms with Crippen LogP contribution < -0.4 is 10.6 Å². The third-order valence-corrected chi connectivity index (χ3v) is 3.62. The van der Waals surface area contributed by atoms with Crippen molar-refractivity contribution in [3.8, 4) is 0 Å². The molecule has 2 fully saturated rings. The number of nitrogens with zero attached hydrogens (tertiary/aromatic N) is 2. The molecular weight excluding hydrogens is 216 g/mol. The highest BCUT2D eigenvalue weighted by Gasteiger charge is 2.40. The maximum atomic E-state index is 5.83. The van der Waals surface area contributed by atoms with Crippen LogP contribution >= 0.6 is 0 Å². The van der Waals surface area contributed by atoms with Crippen molar-refractivity contribution in [3.63, 3.8) is 0 Å². The molecule has 92 valence electrons. The minimum absolute atomic E-state index is 0.368. The summed E-state index contributed by atoms with van der Waals surface area (Å²) in [4.78, 5) is 8.64. The van der Waals surface area contributed by atoms with Crippen molar-refractivity contribution < 1.29 is 4.74 Å². The Hall–Kier alpha value is -1.36. The smallest absolute Gasteiger partial charge is 0.224 e. The molecule has 0 spiro atoms. The molecule has 2 N–H and O–H groups in total. The molecule has 2 bridgehead atoms. The van der Waals surface area contributed by atoms with E-state index in [0.29, 0.717) is 24.2 Å². The highest BCUT2D eigenvalue weighted by Crippen LogP contribution is 2.36. The van der Waals surface area contributed by atoms with E-state index in [4.69, 9.17) is 4.74 Å². The van der Waals surface area contributed by atoms with Crippen LogP contribution in [0.4, 0.5) is 11.8 Å². The predicted octanol–water partition coefficient (Wildman–Crippen LogP) is 1.56. The number of hydrogen-bond acceptors (Lipinski definition) is 5. The monoisotopic (exact) mass is 234 g/mol. The second-order valence-electron chi connectivity index (χ2n) is 4.84. The zero-order valence-electron chi connectivity index (χ0n) is 10.2. The van der Waals surface area contributed by atoms with Crippen LogP contribution in [0.3, 0.4) is 0 Å².